The van der Waals surface area contributed by atoms with Gasteiger partial charge < -0.3 is 4.90 Å². The summed E-state index contributed by atoms with van der Waals surface area (Å²) in [5.41, 5.74) is 2.79. The van der Waals surface area contributed by atoms with Crippen LogP contribution in [0.1, 0.15) is 38.8 Å². The van der Waals surface area contributed by atoms with Crippen LogP contribution >= 0.6 is 0 Å². The SMILES string of the molecule is CC.CCN(C)CC(C)(c1ccccc1)c1ccccc1. The molecule has 114 valence electrons. The topological polar surface area (TPSA) is 3.24 Å². The van der Waals surface area contributed by atoms with Crippen LogP contribution in [-0.2, 0) is 5.41 Å². The van der Waals surface area contributed by atoms with Gasteiger partial charge in [-0.15, -0.1) is 0 Å². The maximum atomic E-state index is 2.38. The predicted octanol–water partition coefficient (Wildman–Crippen LogP) is 4.97. The van der Waals surface area contributed by atoms with Crippen LogP contribution in [-0.4, -0.2) is 25.0 Å². The van der Waals surface area contributed by atoms with Gasteiger partial charge in [-0.05, 0) is 24.7 Å². The third kappa shape index (κ3) is 4.44. The average molecular weight is 283 g/mol. The van der Waals surface area contributed by atoms with E-state index < -0.39 is 0 Å². The number of likely N-dealkylation sites (N-methyl/N-ethyl adjacent to an activating group) is 1. The van der Waals surface area contributed by atoms with Crippen molar-refractivity contribution in [1.29, 1.82) is 0 Å². The highest BCUT2D eigenvalue weighted by Crippen LogP contribution is 2.32. The molecule has 0 spiro atoms. The van der Waals surface area contributed by atoms with Crippen molar-refractivity contribution in [3.05, 3.63) is 71.8 Å². The molecule has 21 heavy (non-hydrogen) atoms. The Morgan fingerprint density at radius 2 is 1.19 bits per heavy atom. The average Bonchev–Trinajstić information content (AvgIpc) is 2.58. The second-order valence-corrected chi connectivity index (χ2v) is 5.39. The molecule has 1 heteroatoms. The molecule has 0 radical (unpaired) electrons. The van der Waals surface area contributed by atoms with Gasteiger partial charge in [-0.2, -0.15) is 0 Å². The summed E-state index contributed by atoms with van der Waals surface area (Å²) in [5.74, 6) is 0. The number of rotatable bonds is 5. The lowest BCUT2D eigenvalue weighted by atomic mass is 9.76. The highest BCUT2D eigenvalue weighted by Gasteiger charge is 2.29. The van der Waals surface area contributed by atoms with Gasteiger partial charge in [-0.3, -0.25) is 0 Å². The van der Waals surface area contributed by atoms with Gasteiger partial charge in [0.05, 0.1) is 0 Å². The summed E-state index contributed by atoms with van der Waals surface area (Å²) in [6.07, 6.45) is 0. The molecule has 0 saturated heterocycles. The molecule has 0 aliphatic rings. The molecular weight excluding hydrogens is 254 g/mol. The molecule has 0 saturated carbocycles. The van der Waals surface area contributed by atoms with Crippen LogP contribution < -0.4 is 0 Å². The fraction of sp³-hybridized carbons (Fsp3) is 0.400. The Morgan fingerprint density at radius 1 is 0.810 bits per heavy atom. The molecule has 0 aromatic heterocycles. The Bertz CT molecular complexity index is 450. The van der Waals surface area contributed by atoms with E-state index in [1.807, 2.05) is 13.8 Å². The van der Waals surface area contributed by atoms with Gasteiger partial charge in [0.25, 0.3) is 0 Å². The molecule has 2 aromatic rings. The second-order valence-electron chi connectivity index (χ2n) is 5.39. The van der Waals surface area contributed by atoms with Crippen LogP contribution in [0.25, 0.3) is 0 Å². The molecule has 2 rings (SSSR count). The van der Waals surface area contributed by atoms with E-state index in [0.717, 1.165) is 13.1 Å². The highest BCUT2D eigenvalue weighted by molar-refractivity contribution is 5.38. The van der Waals surface area contributed by atoms with Crippen molar-refractivity contribution in [2.24, 2.45) is 0 Å². The molecule has 0 amide bonds. The molecule has 0 unspecified atom stereocenters. The van der Waals surface area contributed by atoms with Gasteiger partial charge in [-0.1, -0.05) is 88.4 Å². The van der Waals surface area contributed by atoms with Crippen molar-refractivity contribution < 1.29 is 0 Å². The smallest absolute Gasteiger partial charge is 0.0301 e. The van der Waals surface area contributed by atoms with Crippen molar-refractivity contribution in [3.8, 4) is 0 Å². The molecule has 0 bridgehead atoms. The van der Waals surface area contributed by atoms with Crippen LogP contribution in [0.2, 0.25) is 0 Å². The van der Waals surface area contributed by atoms with Gasteiger partial charge in [0, 0.05) is 12.0 Å². The van der Waals surface area contributed by atoms with Crippen LogP contribution in [0.5, 0.6) is 0 Å². The minimum atomic E-state index is 0.0350. The lowest BCUT2D eigenvalue weighted by molar-refractivity contribution is 0.293. The lowest BCUT2D eigenvalue weighted by Gasteiger charge is -2.34. The van der Waals surface area contributed by atoms with Gasteiger partial charge in [0.2, 0.25) is 0 Å². The molecule has 0 aliphatic carbocycles. The fourth-order valence-corrected chi connectivity index (χ4v) is 2.61. The maximum absolute atomic E-state index is 2.38. The Morgan fingerprint density at radius 3 is 1.52 bits per heavy atom. The largest absolute Gasteiger partial charge is 0.305 e. The number of hydrogen-bond donors (Lipinski definition) is 0. The quantitative estimate of drug-likeness (QED) is 0.749. The summed E-state index contributed by atoms with van der Waals surface area (Å²) >= 11 is 0. The Hall–Kier alpha value is -1.60. The van der Waals surface area contributed by atoms with E-state index in [0.29, 0.717) is 0 Å². The van der Waals surface area contributed by atoms with E-state index in [4.69, 9.17) is 0 Å². The first-order valence-corrected chi connectivity index (χ1v) is 7.96. The van der Waals surface area contributed by atoms with Crippen LogP contribution in [0.15, 0.2) is 60.7 Å². The normalized spacial score (nSPS) is 11.0. The summed E-state index contributed by atoms with van der Waals surface area (Å²) < 4.78 is 0. The summed E-state index contributed by atoms with van der Waals surface area (Å²) in [6, 6.07) is 21.6. The number of hydrogen-bond acceptors (Lipinski definition) is 1. The summed E-state index contributed by atoms with van der Waals surface area (Å²) in [7, 11) is 2.18. The van der Waals surface area contributed by atoms with E-state index in [9.17, 15) is 0 Å². The van der Waals surface area contributed by atoms with Gasteiger partial charge in [0.15, 0.2) is 0 Å². The minimum absolute atomic E-state index is 0.0350. The molecule has 2 aromatic carbocycles. The first-order valence-electron chi connectivity index (χ1n) is 7.96. The van der Waals surface area contributed by atoms with Crippen molar-refractivity contribution >= 4 is 0 Å². The lowest BCUT2D eigenvalue weighted by Crippen LogP contribution is -2.37. The van der Waals surface area contributed by atoms with Gasteiger partial charge in [-0.25, -0.2) is 0 Å². The molecule has 0 N–H and O–H groups in total. The molecule has 0 aliphatic heterocycles. The van der Waals surface area contributed by atoms with Crippen LogP contribution in [0.4, 0.5) is 0 Å². The van der Waals surface area contributed by atoms with Gasteiger partial charge >= 0.3 is 0 Å². The second kappa shape index (κ2) is 8.63. The third-order valence-corrected chi connectivity index (χ3v) is 3.95. The maximum Gasteiger partial charge on any atom is 0.0301 e. The van der Waals surface area contributed by atoms with E-state index >= 15 is 0 Å². The minimum Gasteiger partial charge on any atom is -0.305 e. The molecule has 0 fully saturated rings. The van der Waals surface area contributed by atoms with Crippen molar-refractivity contribution in [2.45, 2.75) is 33.1 Å². The number of benzene rings is 2. The first-order chi connectivity index (χ1) is 10.2. The Balaban J connectivity index is 0.00000106. The van der Waals surface area contributed by atoms with E-state index in [2.05, 4.69) is 86.5 Å². The van der Waals surface area contributed by atoms with Crippen LogP contribution in [0.3, 0.4) is 0 Å². The standard InChI is InChI=1S/C18H23N.C2H6/c1-4-19(3)15-18(2,16-11-7-5-8-12-16)17-13-9-6-10-14-17;1-2/h5-14H,4,15H2,1-3H3;1-2H3. The molecular formula is C20H29N. The molecule has 0 atom stereocenters. The van der Waals surface area contributed by atoms with E-state index in [-0.39, 0.29) is 5.41 Å². The van der Waals surface area contributed by atoms with E-state index in [1.165, 1.54) is 11.1 Å². The summed E-state index contributed by atoms with van der Waals surface area (Å²) in [5, 5.41) is 0. The fourth-order valence-electron chi connectivity index (χ4n) is 2.61. The Labute approximate surface area is 130 Å². The predicted molar refractivity (Wildman–Crippen MR) is 93.9 cm³/mol. The van der Waals surface area contributed by atoms with E-state index in [1.54, 1.807) is 0 Å². The van der Waals surface area contributed by atoms with Crippen molar-refractivity contribution in [1.82, 2.24) is 4.90 Å². The third-order valence-electron chi connectivity index (χ3n) is 3.95. The summed E-state index contributed by atoms with van der Waals surface area (Å²) in [4.78, 5) is 2.38. The first kappa shape index (κ1) is 17.5. The highest BCUT2D eigenvalue weighted by atomic mass is 15.1. The zero-order chi connectivity index (χ0) is 15.7. The van der Waals surface area contributed by atoms with Gasteiger partial charge in [0.1, 0.15) is 0 Å². The van der Waals surface area contributed by atoms with Crippen molar-refractivity contribution in [2.75, 3.05) is 20.1 Å². The summed E-state index contributed by atoms with van der Waals surface area (Å²) in [6.45, 7) is 10.6. The van der Waals surface area contributed by atoms with Crippen LogP contribution in [0, 0.1) is 0 Å². The monoisotopic (exact) mass is 283 g/mol. The molecule has 1 nitrogen and oxygen atoms in total. The van der Waals surface area contributed by atoms with Crippen molar-refractivity contribution in [3.63, 3.8) is 0 Å². The zero-order valence-electron chi connectivity index (χ0n) is 14.1. The number of nitrogens with zero attached hydrogens (tertiary/aromatic N) is 1. The molecule has 0 heterocycles. The zero-order valence-corrected chi connectivity index (χ0v) is 14.1. The Kier molecular flexibility index (Phi) is 7.18.